The highest BCUT2D eigenvalue weighted by atomic mass is 16.2. The van der Waals surface area contributed by atoms with E-state index in [1.807, 2.05) is 31.3 Å². The average Bonchev–Trinajstić information content (AvgIpc) is 2.39. The minimum atomic E-state index is -0.118. The summed E-state index contributed by atoms with van der Waals surface area (Å²) in [4.78, 5) is 15.6. The van der Waals surface area contributed by atoms with Crippen LogP contribution < -0.4 is 10.6 Å². The lowest BCUT2D eigenvalue weighted by atomic mass is 10.1. The number of carbonyl (C=O) groups is 1. The van der Waals surface area contributed by atoms with Crippen LogP contribution in [-0.4, -0.2) is 23.6 Å². The van der Waals surface area contributed by atoms with Gasteiger partial charge in [-0.15, -0.1) is 6.58 Å². The van der Waals surface area contributed by atoms with Crippen molar-refractivity contribution in [1.82, 2.24) is 15.6 Å². The number of rotatable bonds is 7. The van der Waals surface area contributed by atoms with Gasteiger partial charge in [0, 0.05) is 25.0 Å². The van der Waals surface area contributed by atoms with Crippen LogP contribution in [0.2, 0.25) is 0 Å². The van der Waals surface area contributed by atoms with Crippen molar-refractivity contribution in [1.29, 1.82) is 0 Å². The molecule has 0 radical (unpaired) electrons. The van der Waals surface area contributed by atoms with Gasteiger partial charge in [-0.05, 0) is 30.9 Å². The number of nitrogens with zero attached hydrogens (tertiary/aromatic N) is 1. The summed E-state index contributed by atoms with van der Waals surface area (Å²) in [5.74, 6) is 0. The first kappa shape index (κ1) is 14.2. The van der Waals surface area contributed by atoms with Crippen LogP contribution in [0.3, 0.4) is 0 Å². The van der Waals surface area contributed by atoms with Gasteiger partial charge in [0.25, 0.3) is 0 Å². The summed E-state index contributed by atoms with van der Waals surface area (Å²) in [7, 11) is 0. The van der Waals surface area contributed by atoms with E-state index in [1.165, 1.54) is 0 Å². The number of pyridine rings is 1. The molecule has 0 saturated carbocycles. The number of urea groups is 1. The Labute approximate surface area is 109 Å². The third-order valence-corrected chi connectivity index (χ3v) is 2.70. The molecule has 1 unspecified atom stereocenters. The molecule has 0 aromatic carbocycles. The zero-order chi connectivity index (χ0) is 13.2. The quantitative estimate of drug-likeness (QED) is 0.726. The van der Waals surface area contributed by atoms with Crippen LogP contribution in [0.1, 0.15) is 25.3 Å². The predicted octanol–water partition coefficient (Wildman–Crippen LogP) is 2.28. The first-order valence-corrected chi connectivity index (χ1v) is 6.30. The van der Waals surface area contributed by atoms with Crippen molar-refractivity contribution in [2.24, 2.45) is 0 Å². The molecule has 0 aliphatic heterocycles. The third-order valence-electron chi connectivity index (χ3n) is 2.70. The van der Waals surface area contributed by atoms with Crippen LogP contribution in [-0.2, 0) is 6.42 Å². The molecule has 18 heavy (non-hydrogen) atoms. The smallest absolute Gasteiger partial charge is 0.315 e. The number of carbonyl (C=O) groups excluding carboxylic acids is 1. The zero-order valence-corrected chi connectivity index (χ0v) is 10.9. The molecule has 98 valence electrons. The highest BCUT2D eigenvalue weighted by molar-refractivity contribution is 5.74. The van der Waals surface area contributed by atoms with Gasteiger partial charge in [0.2, 0.25) is 0 Å². The van der Waals surface area contributed by atoms with Crippen molar-refractivity contribution < 1.29 is 4.79 Å². The number of hydrogen-bond acceptors (Lipinski definition) is 2. The Hall–Kier alpha value is -1.84. The molecular weight excluding hydrogens is 226 g/mol. The number of amides is 2. The molecule has 1 aromatic heterocycles. The van der Waals surface area contributed by atoms with Crippen LogP contribution in [0.15, 0.2) is 37.2 Å². The molecule has 0 spiro atoms. The minimum Gasteiger partial charge on any atom is -0.338 e. The molecule has 4 heteroatoms. The summed E-state index contributed by atoms with van der Waals surface area (Å²) in [5, 5.41) is 5.76. The molecule has 0 bridgehead atoms. The van der Waals surface area contributed by atoms with E-state index in [2.05, 4.69) is 22.2 Å². The van der Waals surface area contributed by atoms with Crippen molar-refractivity contribution in [2.45, 2.75) is 32.2 Å². The van der Waals surface area contributed by atoms with Crippen molar-refractivity contribution in [3.8, 4) is 0 Å². The van der Waals surface area contributed by atoms with Crippen molar-refractivity contribution in [3.63, 3.8) is 0 Å². The molecule has 2 N–H and O–H groups in total. The van der Waals surface area contributed by atoms with E-state index in [9.17, 15) is 4.79 Å². The molecule has 2 amide bonds. The van der Waals surface area contributed by atoms with Gasteiger partial charge < -0.3 is 10.6 Å². The summed E-state index contributed by atoms with van der Waals surface area (Å²) in [6, 6.07) is 3.94. The van der Waals surface area contributed by atoms with E-state index < -0.39 is 0 Å². The first-order valence-electron chi connectivity index (χ1n) is 6.30. The van der Waals surface area contributed by atoms with E-state index in [1.54, 1.807) is 6.20 Å². The predicted molar refractivity (Wildman–Crippen MR) is 73.4 cm³/mol. The fourth-order valence-corrected chi connectivity index (χ4v) is 1.63. The molecule has 0 saturated heterocycles. The monoisotopic (exact) mass is 247 g/mol. The summed E-state index contributed by atoms with van der Waals surface area (Å²) in [5.41, 5.74) is 1.12. The Balaban J connectivity index is 2.22. The van der Waals surface area contributed by atoms with E-state index in [0.717, 1.165) is 24.8 Å². The zero-order valence-electron chi connectivity index (χ0n) is 10.9. The van der Waals surface area contributed by atoms with Crippen LogP contribution in [0.5, 0.6) is 0 Å². The Morgan fingerprint density at radius 3 is 3.06 bits per heavy atom. The van der Waals surface area contributed by atoms with Crippen molar-refractivity contribution in [2.75, 3.05) is 6.54 Å². The van der Waals surface area contributed by atoms with E-state index >= 15 is 0 Å². The third kappa shape index (κ3) is 5.48. The summed E-state index contributed by atoms with van der Waals surface area (Å²) in [6.45, 7) is 6.34. The van der Waals surface area contributed by atoms with Gasteiger partial charge in [-0.25, -0.2) is 4.79 Å². The SMILES string of the molecule is C=CCC(CC)NC(=O)NCCc1cccnc1. The summed E-state index contributed by atoms with van der Waals surface area (Å²) in [6.07, 6.45) is 7.87. The largest absolute Gasteiger partial charge is 0.338 e. The number of hydrogen-bond donors (Lipinski definition) is 2. The maximum absolute atomic E-state index is 11.6. The Bertz CT molecular complexity index is 365. The van der Waals surface area contributed by atoms with E-state index in [-0.39, 0.29) is 12.1 Å². The van der Waals surface area contributed by atoms with Gasteiger partial charge in [0.1, 0.15) is 0 Å². The average molecular weight is 247 g/mol. The van der Waals surface area contributed by atoms with Gasteiger partial charge in [-0.1, -0.05) is 19.1 Å². The van der Waals surface area contributed by atoms with Crippen molar-refractivity contribution in [3.05, 3.63) is 42.7 Å². The lowest BCUT2D eigenvalue weighted by Gasteiger charge is -2.15. The Morgan fingerprint density at radius 1 is 1.61 bits per heavy atom. The first-order chi connectivity index (χ1) is 8.76. The topological polar surface area (TPSA) is 54.0 Å². The fourth-order valence-electron chi connectivity index (χ4n) is 1.63. The second-order valence-electron chi connectivity index (χ2n) is 4.14. The van der Waals surface area contributed by atoms with Crippen LogP contribution in [0.4, 0.5) is 4.79 Å². The molecule has 0 fully saturated rings. The second kappa shape index (κ2) is 8.28. The van der Waals surface area contributed by atoms with E-state index in [0.29, 0.717) is 6.54 Å². The van der Waals surface area contributed by atoms with E-state index in [4.69, 9.17) is 0 Å². The molecule has 0 aliphatic carbocycles. The van der Waals surface area contributed by atoms with Gasteiger partial charge in [0.15, 0.2) is 0 Å². The Kier molecular flexibility index (Phi) is 6.54. The molecule has 1 rings (SSSR count). The van der Waals surface area contributed by atoms with Crippen LogP contribution in [0.25, 0.3) is 0 Å². The normalized spacial score (nSPS) is 11.6. The maximum Gasteiger partial charge on any atom is 0.315 e. The van der Waals surface area contributed by atoms with Crippen LogP contribution in [0, 0.1) is 0 Å². The lowest BCUT2D eigenvalue weighted by Crippen LogP contribution is -2.42. The number of aromatic nitrogens is 1. The molecule has 0 aliphatic rings. The molecule has 1 heterocycles. The standard InChI is InChI=1S/C14H21N3O/c1-3-6-13(4-2)17-14(18)16-10-8-12-7-5-9-15-11-12/h3,5,7,9,11,13H,1,4,6,8,10H2,2H3,(H2,16,17,18). The van der Waals surface area contributed by atoms with Gasteiger partial charge in [-0.3, -0.25) is 4.98 Å². The van der Waals surface area contributed by atoms with Gasteiger partial charge in [0.05, 0.1) is 0 Å². The highest BCUT2D eigenvalue weighted by Crippen LogP contribution is 1.98. The minimum absolute atomic E-state index is 0.118. The lowest BCUT2D eigenvalue weighted by molar-refractivity contribution is 0.236. The van der Waals surface area contributed by atoms with Gasteiger partial charge in [-0.2, -0.15) is 0 Å². The second-order valence-corrected chi connectivity index (χ2v) is 4.14. The van der Waals surface area contributed by atoms with Crippen molar-refractivity contribution >= 4 is 6.03 Å². The van der Waals surface area contributed by atoms with Gasteiger partial charge >= 0.3 is 6.03 Å². The fraction of sp³-hybridized carbons (Fsp3) is 0.429. The van der Waals surface area contributed by atoms with Crippen LogP contribution >= 0.6 is 0 Å². The Morgan fingerprint density at radius 2 is 2.44 bits per heavy atom. The number of nitrogens with one attached hydrogen (secondary N) is 2. The maximum atomic E-state index is 11.6. The highest BCUT2D eigenvalue weighted by Gasteiger charge is 2.07. The molecule has 1 aromatic rings. The molecule has 4 nitrogen and oxygen atoms in total. The molecule has 1 atom stereocenters. The summed E-state index contributed by atoms with van der Waals surface area (Å²) >= 11 is 0. The summed E-state index contributed by atoms with van der Waals surface area (Å²) < 4.78 is 0. The molecular formula is C14H21N3O.